The second kappa shape index (κ2) is 5.38. The molecule has 5 nitrogen and oxygen atoms in total. The molecule has 1 atom stereocenters. The summed E-state index contributed by atoms with van der Waals surface area (Å²) in [6.07, 6.45) is 2.13. The molecule has 2 rings (SSSR count). The SMILES string of the molecule is COc1cc(C(CC(=O)O)C2CC2)c(OC)cc1O. The Bertz CT molecular complexity index is 479. The molecule has 0 saturated heterocycles. The van der Waals surface area contributed by atoms with Crippen LogP contribution in [0.15, 0.2) is 12.1 Å². The van der Waals surface area contributed by atoms with Gasteiger partial charge in [-0.15, -0.1) is 0 Å². The maximum Gasteiger partial charge on any atom is 0.303 e. The number of hydrogen-bond donors (Lipinski definition) is 2. The summed E-state index contributed by atoms with van der Waals surface area (Å²) in [5, 5.41) is 18.8. The van der Waals surface area contributed by atoms with Crippen LogP contribution in [0.2, 0.25) is 0 Å². The van der Waals surface area contributed by atoms with Crippen molar-refractivity contribution in [2.24, 2.45) is 5.92 Å². The molecule has 0 amide bonds. The van der Waals surface area contributed by atoms with E-state index in [1.165, 1.54) is 20.3 Å². The Balaban J connectivity index is 2.41. The van der Waals surface area contributed by atoms with Gasteiger partial charge in [0.1, 0.15) is 5.75 Å². The zero-order valence-electron chi connectivity index (χ0n) is 11.0. The Morgan fingerprint density at radius 2 is 1.95 bits per heavy atom. The highest BCUT2D eigenvalue weighted by molar-refractivity contribution is 5.69. The summed E-state index contributed by atoms with van der Waals surface area (Å²) in [6, 6.07) is 3.16. The van der Waals surface area contributed by atoms with Crippen LogP contribution in [0.4, 0.5) is 0 Å². The predicted octanol–water partition coefficient (Wildman–Crippen LogP) is 2.38. The van der Waals surface area contributed by atoms with E-state index in [1.807, 2.05) is 0 Å². The number of phenols is 1. The summed E-state index contributed by atoms with van der Waals surface area (Å²) >= 11 is 0. The molecule has 1 aliphatic carbocycles. The van der Waals surface area contributed by atoms with Crippen LogP contribution in [0, 0.1) is 5.92 Å². The lowest BCUT2D eigenvalue weighted by Gasteiger charge is -2.19. The number of carboxylic acids is 1. The molecule has 19 heavy (non-hydrogen) atoms. The Labute approximate surface area is 111 Å². The van der Waals surface area contributed by atoms with Gasteiger partial charge in [-0.25, -0.2) is 0 Å². The largest absolute Gasteiger partial charge is 0.504 e. The monoisotopic (exact) mass is 266 g/mol. The summed E-state index contributed by atoms with van der Waals surface area (Å²) in [5.74, 6) is 0.295. The first-order chi connectivity index (χ1) is 9.06. The summed E-state index contributed by atoms with van der Waals surface area (Å²) in [7, 11) is 2.98. The van der Waals surface area contributed by atoms with E-state index >= 15 is 0 Å². The van der Waals surface area contributed by atoms with E-state index in [2.05, 4.69) is 0 Å². The van der Waals surface area contributed by atoms with Crippen molar-refractivity contribution < 1.29 is 24.5 Å². The van der Waals surface area contributed by atoms with E-state index in [0.29, 0.717) is 17.4 Å². The van der Waals surface area contributed by atoms with Crippen LogP contribution in [-0.2, 0) is 4.79 Å². The lowest BCUT2D eigenvalue weighted by molar-refractivity contribution is -0.137. The lowest BCUT2D eigenvalue weighted by Crippen LogP contribution is -2.10. The molecule has 5 heteroatoms. The number of phenolic OH excluding ortho intramolecular Hbond substituents is 1. The number of hydrogen-bond acceptors (Lipinski definition) is 4. The van der Waals surface area contributed by atoms with Crippen molar-refractivity contribution in [3.8, 4) is 17.2 Å². The fraction of sp³-hybridized carbons (Fsp3) is 0.500. The maximum atomic E-state index is 11.0. The number of rotatable bonds is 6. The third kappa shape index (κ3) is 2.92. The molecular weight excluding hydrogens is 248 g/mol. The van der Waals surface area contributed by atoms with Crippen molar-refractivity contribution in [2.75, 3.05) is 14.2 Å². The lowest BCUT2D eigenvalue weighted by atomic mass is 9.90. The average Bonchev–Trinajstić information content (AvgIpc) is 3.19. The molecule has 1 aliphatic rings. The quantitative estimate of drug-likeness (QED) is 0.826. The molecule has 1 aromatic rings. The van der Waals surface area contributed by atoms with Crippen molar-refractivity contribution in [3.63, 3.8) is 0 Å². The maximum absolute atomic E-state index is 11.0. The fourth-order valence-electron chi connectivity index (χ4n) is 2.41. The summed E-state index contributed by atoms with van der Waals surface area (Å²) in [6.45, 7) is 0. The molecule has 2 N–H and O–H groups in total. The van der Waals surface area contributed by atoms with E-state index in [0.717, 1.165) is 18.4 Å². The van der Waals surface area contributed by atoms with Crippen LogP contribution in [0.25, 0.3) is 0 Å². The van der Waals surface area contributed by atoms with Gasteiger partial charge in [0, 0.05) is 17.5 Å². The first-order valence-corrected chi connectivity index (χ1v) is 6.23. The van der Waals surface area contributed by atoms with E-state index in [1.54, 1.807) is 6.07 Å². The van der Waals surface area contributed by atoms with Gasteiger partial charge in [-0.05, 0) is 24.8 Å². The third-order valence-corrected chi connectivity index (χ3v) is 3.52. The molecule has 1 aromatic carbocycles. The predicted molar refractivity (Wildman–Crippen MR) is 68.9 cm³/mol. The minimum absolute atomic E-state index is 0.00651. The minimum Gasteiger partial charge on any atom is -0.504 e. The molecular formula is C14H18O5. The van der Waals surface area contributed by atoms with Crippen LogP contribution < -0.4 is 9.47 Å². The number of benzene rings is 1. The Morgan fingerprint density at radius 1 is 1.32 bits per heavy atom. The molecule has 104 valence electrons. The van der Waals surface area contributed by atoms with E-state index < -0.39 is 5.97 Å². The minimum atomic E-state index is -0.828. The standard InChI is InChI=1S/C14H18O5/c1-18-12-7-11(15)13(19-2)5-10(12)9(6-14(16)17)8-3-4-8/h5,7-9,15H,3-4,6H2,1-2H3,(H,16,17). The third-order valence-electron chi connectivity index (χ3n) is 3.52. The average molecular weight is 266 g/mol. The van der Waals surface area contributed by atoms with Crippen LogP contribution in [-0.4, -0.2) is 30.4 Å². The molecule has 0 heterocycles. The smallest absolute Gasteiger partial charge is 0.303 e. The van der Waals surface area contributed by atoms with Crippen molar-refractivity contribution in [1.82, 2.24) is 0 Å². The van der Waals surface area contributed by atoms with Gasteiger partial charge in [-0.2, -0.15) is 0 Å². The van der Waals surface area contributed by atoms with Crippen LogP contribution >= 0.6 is 0 Å². The van der Waals surface area contributed by atoms with Gasteiger partial charge in [-0.3, -0.25) is 4.79 Å². The van der Waals surface area contributed by atoms with Crippen molar-refractivity contribution >= 4 is 5.97 Å². The molecule has 0 radical (unpaired) electrons. The topological polar surface area (TPSA) is 76.0 Å². The Hall–Kier alpha value is -1.91. The molecule has 1 unspecified atom stereocenters. The zero-order valence-corrected chi connectivity index (χ0v) is 11.0. The molecule has 0 aromatic heterocycles. The summed E-state index contributed by atoms with van der Waals surface area (Å²) in [5.41, 5.74) is 0.794. The summed E-state index contributed by atoms with van der Waals surface area (Å²) in [4.78, 5) is 11.0. The zero-order chi connectivity index (χ0) is 14.0. The second-order valence-corrected chi connectivity index (χ2v) is 4.81. The first-order valence-electron chi connectivity index (χ1n) is 6.23. The number of ether oxygens (including phenoxy) is 2. The first kappa shape index (κ1) is 13.5. The highest BCUT2D eigenvalue weighted by Gasteiger charge is 2.36. The van der Waals surface area contributed by atoms with Crippen molar-refractivity contribution in [3.05, 3.63) is 17.7 Å². The van der Waals surface area contributed by atoms with Crippen LogP contribution in [0.1, 0.15) is 30.7 Å². The van der Waals surface area contributed by atoms with Crippen molar-refractivity contribution in [1.29, 1.82) is 0 Å². The number of aromatic hydroxyl groups is 1. The molecule has 0 aliphatic heterocycles. The van der Waals surface area contributed by atoms with Gasteiger partial charge in [-0.1, -0.05) is 0 Å². The van der Waals surface area contributed by atoms with Crippen LogP contribution in [0.3, 0.4) is 0 Å². The fourth-order valence-corrected chi connectivity index (χ4v) is 2.41. The van der Waals surface area contributed by atoms with Gasteiger partial charge >= 0.3 is 5.97 Å². The van der Waals surface area contributed by atoms with E-state index in [9.17, 15) is 9.90 Å². The highest BCUT2D eigenvalue weighted by Crippen LogP contribution is 2.49. The highest BCUT2D eigenvalue weighted by atomic mass is 16.5. The molecule has 0 bridgehead atoms. The molecule has 1 fully saturated rings. The number of methoxy groups -OCH3 is 2. The Morgan fingerprint density at radius 3 is 2.42 bits per heavy atom. The van der Waals surface area contributed by atoms with Gasteiger partial charge in [0.25, 0.3) is 0 Å². The van der Waals surface area contributed by atoms with Gasteiger partial charge < -0.3 is 19.7 Å². The normalized spacial score (nSPS) is 15.9. The van der Waals surface area contributed by atoms with Gasteiger partial charge in [0.2, 0.25) is 0 Å². The molecule has 0 spiro atoms. The Kier molecular flexibility index (Phi) is 3.83. The van der Waals surface area contributed by atoms with E-state index in [4.69, 9.17) is 14.6 Å². The van der Waals surface area contributed by atoms with Gasteiger partial charge in [0.05, 0.1) is 20.6 Å². The van der Waals surface area contributed by atoms with Crippen molar-refractivity contribution in [2.45, 2.75) is 25.2 Å². The van der Waals surface area contributed by atoms with E-state index in [-0.39, 0.29) is 18.1 Å². The van der Waals surface area contributed by atoms with Gasteiger partial charge in [0.15, 0.2) is 11.5 Å². The summed E-state index contributed by atoms with van der Waals surface area (Å²) < 4.78 is 10.3. The second-order valence-electron chi connectivity index (χ2n) is 4.81. The number of carboxylic acid groups (broad SMARTS) is 1. The number of carbonyl (C=O) groups is 1. The number of aliphatic carboxylic acids is 1. The molecule has 1 saturated carbocycles. The van der Waals surface area contributed by atoms with Crippen LogP contribution in [0.5, 0.6) is 17.2 Å².